The largest absolute Gasteiger partial charge is 0.289 e. The summed E-state index contributed by atoms with van der Waals surface area (Å²) in [4.78, 5) is 20.7. The lowest BCUT2D eigenvalue weighted by molar-refractivity contribution is 0.486. The molecule has 0 saturated carbocycles. The van der Waals surface area contributed by atoms with E-state index < -0.39 is 5.41 Å². The normalized spacial score (nSPS) is 20.6. The van der Waals surface area contributed by atoms with Gasteiger partial charge in [-0.05, 0) is 18.6 Å². The van der Waals surface area contributed by atoms with Crippen molar-refractivity contribution in [3.63, 3.8) is 0 Å². The van der Waals surface area contributed by atoms with Crippen molar-refractivity contribution in [1.29, 1.82) is 0 Å². The number of hydrogen-bond acceptors (Lipinski definition) is 2. The molecule has 0 atom stereocenters. The molecule has 0 aliphatic heterocycles. The highest BCUT2D eigenvalue weighted by Crippen LogP contribution is 2.27. The lowest BCUT2D eigenvalue weighted by Crippen LogP contribution is -2.22. The zero-order valence-corrected chi connectivity index (χ0v) is 6.39. The summed E-state index contributed by atoms with van der Waals surface area (Å²) >= 11 is 5.57. The van der Waals surface area contributed by atoms with Gasteiger partial charge in [0.2, 0.25) is 12.6 Å². The molecule has 0 aromatic heterocycles. The molecule has 0 amide bonds. The third-order valence-electron chi connectivity index (χ3n) is 1.47. The molecule has 2 nitrogen and oxygen atoms in total. The van der Waals surface area contributed by atoms with Crippen molar-refractivity contribution in [2.45, 2.75) is 6.42 Å². The summed E-state index contributed by atoms with van der Waals surface area (Å²) in [5, 5.41) is 0.378. The monoisotopic (exact) mass is 168 g/mol. The lowest BCUT2D eigenvalue weighted by atomic mass is 9.85. The summed E-state index contributed by atoms with van der Waals surface area (Å²) in [6, 6.07) is 0. The van der Waals surface area contributed by atoms with E-state index >= 15 is 0 Å². The average Bonchev–Trinajstić information content (AvgIpc) is 2.04. The maximum Gasteiger partial charge on any atom is 0.218 e. The molecule has 0 aromatic rings. The molecule has 0 N–H and O–H groups in total. The van der Waals surface area contributed by atoms with Crippen LogP contribution in [0.1, 0.15) is 6.42 Å². The molecule has 0 heterocycles. The molecule has 0 fully saturated rings. The number of rotatable bonds is 2. The Kier molecular flexibility index (Phi) is 2.25. The van der Waals surface area contributed by atoms with E-state index in [1.54, 1.807) is 24.7 Å². The van der Waals surface area contributed by atoms with Crippen LogP contribution in [0.25, 0.3) is 0 Å². The van der Waals surface area contributed by atoms with Gasteiger partial charge in [-0.2, -0.15) is 0 Å². The summed E-state index contributed by atoms with van der Waals surface area (Å²) in [7, 11) is 0. The highest BCUT2D eigenvalue weighted by atomic mass is 35.5. The van der Waals surface area contributed by atoms with Crippen molar-refractivity contribution in [3.05, 3.63) is 23.3 Å². The highest BCUT2D eigenvalue weighted by Gasteiger charge is 2.29. The Morgan fingerprint density at radius 2 is 2.09 bits per heavy atom. The second-order valence-corrected chi connectivity index (χ2v) is 2.75. The van der Waals surface area contributed by atoms with Gasteiger partial charge in [0.25, 0.3) is 0 Å². The van der Waals surface area contributed by atoms with Crippen molar-refractivity contribution >= 4 is 24.2 Å². The molecule has 1 rings (SSSR count). The SMILES string of the molecule is O=[C]C1([C]=O)C=C(Cl)C=CC1. The number of carbonyl (C=O) groups excluding carboxylic acids is 2. The van der Waals surface area contributed by atoms with E-state index in [0.29, 0.717) is 11.5 Å². The van der Waals surface area contributed by atoms with Gasteiger partial charge in [-0.3, -0.25) is 9.59 Å². The van der Waals surface area contributed by atoms with Crippen molar-refractivity contribution in [3.8, 4) is 0 Å². The van der Waals surface area contributed by atoms with Crippen molar-refractivity contribution in [2.24, 2.45) is 5.41 Å². The van der Waals surface area contributed by atoms with E-state index in [4.69, 9.17) is 11.6 Å². The van der Waals surface area contributed by atoms with Crippen LogP contribution >= 0.6 is 11.6 Å². The molecule has 0 bridgehead atoms. The molecule has 1 aliphatic carbocycles. The second-order valence-electron chi connectivity index (χ2n) is 2.31. The molecule has 1 aliphatic rings. The van der Waals surface area contributed by atoms with E-state index in [-0.39, 0.29) is 0 Å². The smallest absolute Gasteiger partial charge is 0.218 e. The van der Waals surface area contributed by atoms with E-state index in [1.165, 1.54) is 6.08 Å². The van der Waals surface area contributed by atoms with Crippen LogP contribution in [0.3, 0.4) is 0 Å². The minimum Gasteiger partial charge on any atom is -0.289 e. The van der Waals surface area contributed by atoms with Crippen molar-refractivity contribution < 1.29 is 9.59 Å². The molecule has 3 heteroatoms. The van der Waals surface area contributed by atoms with Crippen LogP contribution < -0.4 is 0 Å². The molecule has 0 aromatic carbocycles. The topological polar surface area (TPSA) is 34.1 Å². The first-order valence-electron chi connectivity index (χ1n) is 3.06. The summed E-state index contributed by atoms with van der Waals surface area (Å²) in [5.74, 6) is 0. The van der Waals surface area contributed by atoms with Crippen LogP contribution in [-0.4, -0.2) is 12.6 Å². The average molecular weight is 169 g/mol. The van der Waals surface area contributed by atoms with Gasteiger partial charge in [0.1, 0.15) is 5.41 Å². The van der Waals surface area contributed by atoms with E-state index in [0.717, 1.165) is 0 Å². The first-order chi connectivity index (χ1) is 5.22. The summed E-state index contributed by atoms with van der Waals surface area (Å²) in [6.45, 7) is 0. The second kappa shape index (κ2) is 3.01. The van der Waals surface area contributed by atoms with Crippen LogP contribution in [0.5, 0.6) is 0 Å². The third kappa shape index (κ3) is 1.57. The molecule has 11 heavy (non-hydrogen) atoms. The molecule has 0 unspecified atom stereocenters. The standard InChI is InChI=1S/C8H5ClO2/c9-7-2-1-3-8(4-7,5-10)6-11/h1-2,4H,3H2. The van der Waals surface area contributed by atoms with Gasteiger partial charge >= 0.3 is 0 Å². The Labute approximate surface area is 69.5 Å². The minimum absolute atomic E-state index is 0.302. The van der Waals surface area contributed by atoms with Gasteiger partial charge in [0.15, 0.2) is 0 Å². The fraction of sp³-hybridized carbons (Fsp3) is 0.250. The molecular weight excluding hydrogens is 164 g/mol. The molecule has 0 saturated heterocycles. The zero-order valence-electron chi connectivity index (χ0n) is 5.63. The Morgan fingerprint density at radius 1 is 1.45 bits per heavy atom. The van der Waals surface area contributed by atoms with Crippen LogP contribution in [0, 0.1) is 5.41 Å². The minimum atomic E-state index is -1.26. The Balaban J connectivity index is 2.97. The highest BCUT2D eigenvalue weighted by molar-refractivity contribution is 6.31. The summed E-state index contributed by atoms with van der Waals surface area (Å²) in [6.07, 6.45) is 8.17. The van der Waals surface area contributed by atoms with Crippen LogP contribution in [0.15, 0.2) is 23.3 Å². The van der Waals surface area contributed by atoms with Gasteiger partial charge in [0, 0.05) is 5.03 Å². The van der Waals surface area contributed by atoms with Gasteiger partial charge in [0.05, 0.1) is 0 Å². The lowest BCUT2D eigenvalue weighted by Gasteiger charge is -2.15. The van der Waals surface area contributed by atoms with Crippen LogP contribution in [0.4, 0.5) is 0 Å². The summed E-state index contributed by atoms with van der Waals surface area (Å²) < 4.78 is 0. The summed E-state index contributed by atoms with van der Waals surface area (Å²) in [5.41, 5.74) is -1.26. The van der Waals surface area contributed by atoms with Gasteiger partial charge in [-0.25, -0.2) is 0 Å². The van der Waals surface area contributed by atoms with Gasteiger partial charge in [-0.15, -0.1) is 0 Å². The predicted molar refractivity (Wildman–Crippen MR) is 41.5 cm³/mol. The molecule has 2 radical (unpaired) electrons. The van der Waals surface area contributed by atoms with E-state index in [9.17, 15) is 9.59 Å². The Hall–Kier alpha value is -0.890. The quantitative estimate of drug-likeness (QED) is 0.582. The van der Waals surface area contributed by atoms with Crippen molar-refractivity contribution in [1.82, 2.24) is 0 Å². The number of allylic oxidation sites excluding steroid dienone is 4. The maximum atomic E-state index is 10.3. The first kappa shape index (κ1) is 8.21. The van der Waals surface area contributed by atoms with Crippen LogP contribution in [-0.2, 0) is 9.59 Å². The zero-order chi connectivity index (χ0) is 8.32. The van der Waals surface area contributed by atoms with E-state index in [2.05, 4.69) is 0 Å². The Morgan fingerprint density at radius 3 is 2.45 bits per heavy atom. The molecule has 0 spiro atoms. The maximum absolute atomic E-state index is 10.3. The van der Waals surface area contributed by atoms with Gasteiger partial charge < -0.3 is 0 Å². The predicted octanol–water partition coefficient (Wildman–Crippen LogP) is 1.27. The van der Waals surface area contributed by atoms with Crippen molar-refractivity contribution in [2.75, 3.05) is 0 Å². The van der Waals surface area contributed by atoms with Gasteiger partial charge in [-0.1, -0.05) is 17.7 Å². The number of halogens is 1. The third-order valence-corrected chi connectivity index (χ3v) is 1.70. The molecular formula is C8H5ClO2. The number of hydrogen-bond donors (Lipinski definition) is 0. The Bertz CT molecular complexity index is 232. The molecule has 56 valence electrons. The fourth-order valence-corrected chi connectivity index (χ4v) is 1.14. The first-order valence-corrected chi connectivity index (χ1v) is 3.44. The van der Waals surface area contributed by atoms with Crippen LogP contribution in [0.2, 0.25) is 0 Å². The van der Waals surface area contributed by atoms with E-state index in [1.807, 2.05) is 0 Å². The fourth-order valence-electron chi connectivity index (χ4n) is 0.863.